The van der Waals surface area contributed by atoms with Crippen molar-refractivity contribution in [2.75, 3.05) is 0 Å². The van der Waals surface area contributed by atoms with Crippen LogP contribution in [0.15, 0.2) is 24.3 Å². The van der Waals surface area contributed by atoms with Crippen molar-refractivity contribution in [3.05, 3.63) is 35.4 Å². The number of benzene rings is 1. The molecule has 0 aliphatic heterocycles. The summed E-state index contributed by atoms with van der Waals surface area (Å²) in [5, 5.41) is 18.9. The Kier molecular flexibility index (Phi) is 5.37. The van der Waals surface area contributed by atoms with Crippen molar-refractivity contribution in [2.24, 2.45) is 5.92 Å². The van der Waals surface area contributed by atoms with Gasteiger partial charge in [0.25, 0.3) is 0 Å². The first-order valence-corrected chi connectivity index (χ1v) is 7.63. The number of hydrogen-bond acceptors (Lipinski definition) is 4. The summed E-state index contributed by atoms with van der Waals surface area (Å²) in [4.78, 5) is 11.7. The zero-order valence-corrected chi connectivity index (χ0v) is 12.7. The third-order valence-corrected chi connectivity index (χ3v) is 4.24. The summed E-state index contributed by atoms with van der Waals surface area (Å²) < 4.78 is 4.80. The Bertz CT molecular complexity index is 466. The maximum Gasteiger partial charge on any atom is 0.315 e. The molecular weight excluding hydrogens is 268 g/mol. The molecule has 0 amide bonds. The maximum absolute atomic E-state index is 11.7. The SMILES string of the molecule is CC(O)OC(=O)[C@@H](C)c1ccc(C[C@H]2CCC[C@@H]2O)cc1. The van der Waals surface area contributed by atoms with Crippen LogP contribution in [-0.4, -0.2) is 28.6 Å². The molecule has 4 atom stereocenters. The molecule has 1 aromatic rings. The van der Waals surface area contributed by atoms with E-state index in [1.54, 1.807) is 6.92 Å². The summed E-state index contributed by atoms with van der Waals surface area (Å²) >= 11 is 0. The molecule has 21 heavy (non-hydrogen) atoms. The summed E-state index contributed by atoms with van der Waals surface area (Å²) in [6.45, 7) is 3.18. The number of hydrogen-bond donors (Lipinski definition) is 2. The van der Waals surface area contributed by atoms with Gasteiger partial charge in [-0.3, -0.25) is 4.79 Å². The van der Waals surface area contributed by atoms with Gasteiger partial charge in [0, 0.05) is 0 Å². The van der Waals surface area contributed by atoms with Crippen molar-refractivity contribution in [1.82, 2.24) is 0 Å². The van der Waals surface area contributed by atoms with Gasteiger partial charge in [-0.2, -0.15) is 0 Å². The third kappa shape index (κ3) is 4.29. The van der Waals surface area contributed by atoms with Crippen molar-refractivity contribution in [3.8, 4) is 0 Å². The van der Waals surface area contributed by atoms with E-state index in [9.17, 15) is 9.90 Å². The zero-order chi connectivity index (χ0) is 15.4. The van der Waals surface area contributed by atoms with Gasteiger partial charge in [0.1, 0.15) is 0 Å². The minimum absolute atomic E-state index is 0.176. The minimum atomic E-state index is -1.08. The second-order valence-electron chi connectivity index (χ2n) is 5.96. The first kappa shape index (κ1) is 16.0. The number of carbonyl (C=O) groups is 1. The topological polar surface area (TPSA) is 66.8 Å². The molecule has 2 N–H and O–H groups in total. The van der Waals surface area contributed by atoms with Crippen LogP contribution in [0, 0.1) is 5.92 Å². The minimum Gasteiger partial charge on any atom is -0.436 e. The monoisotopic (exact) mass is 292 g/mol. The van der Waals surface area contributed by atoms with Crippen LogP contribution in [0.1, 0.15) is 50.2 Å². The van der Waals surface area contributed by atoms with Crippen LogP contribution in [0.4, 0.5) is 0 Å². The van der Waals surface area contributed by atoms with E-state index in [2.05, 4.69) is 0 Å². The van der Waals surface area contributed by atoms with Crippen molar-refractivity contribution in [2.45, 2.75) is 57.8 Å². The Hall–Kier alpha value is -1.39. The molecule has 0 spiro atoms. The summed E-state index contributed by atoms with van der Waals surface area (Å²) in [7, 11) is 0. The third-order valence-electron chi connectivity index (χ3n) is 4.24. The van der Waals surface area contributed by atoms with Gasteiger partial charge in [0.2, 0.25) is 0 Å². The van der Waals surface area contributed by atoms with Crippen LogP contribution in [0.5, 0.6) is 0 Å². The maximum atomic E-state index is 11.7. The summed E-state index contributed by atoms with van der Waals surface area (Å²) in [5.74, 6) is -0.469. The standard InChI is InChI=1S/C17H24O4/c1-11(17(20)21-12(2)18)14-8-6-13(7-9-14)10-15-4-3-5-16(15)19/h6-9,11-12,15-16,18-19H,3-5,10H2,1-2H3/t11-,12?,15+,16-/m0/s1. The molecule has 0 bridgehead atoms. The number of ether oxygens (including phenoxy) is 1. The lowest BCUT2D eigenvalue weighted by Gasteiger charge is -2.16. The number of aliphatic hydroxyl groups excluding tert-OH is 2. The molecular formula is C17H24O4. The van der Waals surface area contributed by atoms with Crippen molar-refractivity contribution in [3.63, 3.8) is 0 Å². The van der Waals surface area contributed by atoms with E-state index in [-0.39, 0.29) is 6.10 Å². The Labute approximate surface area is 125 Å². The second kappa shape index (κ2) is 7.05. The molecule has 1 fully saturated rings. The Morgan fingerprint density at radius 2 is 1.95 bits per heavy atom. The van der Waals surface area contributed by atoms with E-state index in [0.717, 1.165) is 31.2 Å². The van der Waals surface area contributed by atoms with E-state index in [1.807, 2.05) is 24.3 Å². The van der Waals surface area contributed by atoms with Crippen LogP contribution in [0.3, 0.4) is 0 Å². The average Bonchev–Trinajstić information content (AvgIpc) is 2.83. The smallest absolute Gasteiger partial charge is 0.315 e. The van der Waals surface area contributed by atoms with E-state index in [1.165, 1.54) is 12.5 Å². The molecule has 4 nitrogen and oxygen atoms in total. The molecule has 1 aliphatic rings. The Morgan fingerprint density at radius 3 is 2.48 bits per heavy atom. The number of esters is 1. The quantitative estimate of drug-likeness (QED) is 0.646. The van der Waals surface area contributed by atoms with Gasteiger partial charge in [0.15, 0.2) is 6.29 Å². The fourth-order valence-electron chi connectivity index (χ4n) is 2.91. The number of aliphatic hydroxyl groups is 2. The lowest BCUT2D eigenvalue weighted by atomic mass is 9.94. The van der Waals surface area contributed by atoms with Crippen molar-refractivity contribution < 1.29 is 19.7 Å². The molecule has 4 heteroatoms. The lowest BCUT2D eigenvalue weighted by molar-refractivity contribution is -0.166. The Balaban J connectivity index is 1.96. The summed E-state index contributed by atoms with van der Waals surface area (Å²) in [5.41, 5.74) is 2.05. The van der Waals surface area contributed by atoms with Crippen LogP contribution in [0.2, 0.25) is 0 Å². The molecule has 0 radical (unpaired) electrons. The molecule has 1 aliphatic carbocycles. The van der Waals surface area contributed by atoms with E-state index in [0.29, 0.717) is 5.92 Å². The molecule has 0 aromatic heterocycles. The van der Waals surface area contributed by atoms with E-state index in [4.69, 9.17) is 9.84 Å². The predicted molar refractivity (Wildman–Crippen MR) is 79.7 cm³/mol. The number of carbonyl (C=O) groups excluding carboxylic acids is 1. The van der Waals surface area contributed by atoms with Gasteiger partial charge in [-0.05, 0) is 50.2 Å². The van der Waals surface area contributed by atoms with Crippen molar-refractivity contribution in [1.29, 1.82) is 0 Å². The molecule has 0 saturated heterocycles. The normalized spacial score (nSPS) is 24.6. The van der Waals surface area contributed by atoms with Crippen LogP contribution >= 0.6 is 0 Å². The fraction of sp³-hybridized carbons (Fsp3) is 0.588. The average molecular weight is 292 g/mol. The van der Waals surface area contributed by atoms with Crippen LogP contribution in [-0.2, 0) is 16.0 Å². The highest BCUT2D eigenvalue weighted by molar-refractivity contribution is 5.77. The van der Waals surface area contributed by atoms with Gasteiger partial charge in [-0.25, -0.2) is 0 Å². The van der Waals surface area contributed by atoms with E-state index < -0.39 is 18.2 Å². The van der Waals surface area contributed by atoms with E-state index >= 15 is 0 Å². The summed E-state index contributed by atoms with van der Waals surface area (Å²) in [6.07, 6.45) is 2.72. The number of rotatable bonds is 5. The van der Waals surface area contributed by atoms with Crippen LogP contribution < -0.4 is 0 Å². The Morgan fingerprint density at radius 1 is 1.29 bits per heavy atom. The largest absolute Gasteiger partial charge is 0.436 e. The molecule has 116 valence electrons. The zero-order valence-electron chi connectivity index (χ0n) is 12.7. The second-order valence-corrected chi connectivity index (χ2v) is 5.96. The molecule has 0 heterocycles. The highest BCUT2D eigenvalue weighted by Gasteiger charge is 2.25. The molecule has 2 rings (SSSR count). The fourth-order valence-corrected chi connectivity index (χ4v) is 2.91. The van der Waals surface area contributed by atoms with Gasteiger partial charge in [0.05, 0.1) is 12.0 Å². The molecule has 1 unspecified atom stereocenters. The van der Waals surface area contributed by atoms with Crippen LogP contribution in [0.25, 0.3) is 0 Å². The van der Waals surface area contributed by atoms with Crippen molar-refractivity contribution >= 4 is 5.97 Å². The molecule has 1 aromatic carbocycles. The lowest BCUT2D eigenvalue weighted by Crippen LogP contribution is -2.19. The highest BCUT2D eigenvalue weighted by atomic mass is 16.6. The predicted octanol–water partition coefficient (Wildman–Crippen LogP) is 2.38. The van der Waals surface area contributed by atoms with Gasteiger partial charge < -0.3 is 14.9 Å². The first-order chi connectivity index (χ1) is 9.97. The van der Waals surface area contributed by atoms with Gasteiger partial charge in [-0.1, -0.05) is 30.7 Å². The van der Waals surface area contributed by atoms with Gasteiger partial charge >= 0.3 is 5.97 Å². The first-order valence-electron chi connectivity index (χ1n) is 7.63. The highest BCUT2D eigenvalue weighted by Crippen LogP contribution is 2.29. The van der Waals surface area contributed by atoms with Gasteiger partial charge in [-0.15, -0.1) is 0 Å². The summed E-state index contributed by atoms with van der Waals surface area (Å²) in [6, 6.07) is 7.86. The molecule has 1 saturated carbocycles.